The van der Waals surface area contributed by atoms with Gasteiger partial charge < -0.3 is 24.2 Å². The lowest BCUT2D eigenvalue weighted by Crippen LogP contribution is -2.30. The Balaban J connectivity index is 4.84. The lowest BCUT2D eigenvalue weighted by atomic mass is 10.1. The van der Waals surface area contributed by atoms with E-state index in [9.17, 15) is 28.9 Å². The van der Waals surface area contributed by atoms with Gasteiger partial charge in [-0.15, -0.1) is 0 Å². The summed E-state index contributed by atoms with van der Waals surface area (Å²) in [5, 5.41) is 9.82. The zero-order valence-electron chi connectivity index (χ0n) is 47.7. The van der Waals surface area contributed by atoms with Crippen molar-refractivity contribution in [2.75, 3.05) is 26.4 Å². The molecule has 11 nitrogen and oxygen atoms in total. The molecule has 0 rings (SSSR count). The second-order valence-electron chi connectivity index (χ2n) is 19.0. The van der Waals surface area contributed by atoms with Gasteiger partial charge in [0, 0.05) is 19.3 Å². The SMILES string of the molecule is CC/C=C\C/C=C\C/C=C\C/C=C\C/C=C\CCCCCC(=O)OC(COC(=O)CCCCCCC/C=C\C/C=C\C/C=C\CC)COP(=O)(O)OCC(CO)OC(=O)CCCCCCC/C=C\C/C=C\CCCCC. The van der Waals surface area contributed by atoms with E-state index in [0.717, 1.165) is 148 Å². The first-order valence-corrected chi connectivity index (χ1v) is 30.9. The highest BCUT2D eigenvalue weighted by Crippen LogP contribution is 2.43. The van der Waals surface area contributed by atoms with Crippen LogP contribution in [0, 0.1) is 0 Å². The number of hydrogen-bond donors (Lipinski definition) is 2. The molecule has 0 amide bonds. The molecule has 0 radical (unpaired) electrons. The van der Waals surface area contributed by atoms with Gasteiger partial charge in [-0.25, -0.2) is 4.57 Å². The summed E-state index contributed by atoms with van der Waals surface area (Å²) in [5.74, 6) is -1.55. The quantitative estimate of drug-likeness (QED) is 0.0197. The van der Waals surface area contributed by atoms with Crippen LogP contribution < -0.4 is 0 Å². The molecular formula is C64H105O11P. The Morgan fingerprint density at radius 2 is 0.684 bits per heavy atom. The number of esters is 3. The van der Waals surface area contributed by atoms with E-state index in [1.807, 2.05) is 0 Å². The first-order chi connectivity index (χ1) is 37.2. The highest BCUT2D eigenvalue weighted by molar-refractivity contribution is 7.47. The summed E-state index contributed by atoms with van der Waals surface area (Å²) in [6, 6.07) is 0. The molecule has 3 atom stereocenters. The minimum atomic E-state index is -4.77. The Morgan fingerprint density at radius 1 is 0.382 bits per heavy atom. The molecule has 12 heteroatoms. The molecule has 2 N–H and O–H groups in total. The molecule has 0 saturated heterocycles. The van der Waals surface area contributed by atoms with E-state index in [0.29, 0.717) is 19.3 Å². The van der Waals surface area contributed by atoms with Crippen LogP contribution in [0.4, 0.5) is 0 Å². The van der Waals surface area contributed by atoms with Crippen LogP contribution in [0.25, 0.3) is 0 Å². The molecule has 0 aliphatic rings. The van der Waals surface area contributed by atoms with E-state index in [1.165, 1.54) is 19.3 Å². The largest absolute Gasteiger partial charge is 0.472 e. The van der Waals surface area contributed by atoms with Gasteiger partial charge in [0.05, 0.1) is 19.8 Å². The third-order valence-corrected chi connectivity index (χ3v) is 12.8. The molecule has 0 saturated carbocycles. The number of phosphoric acid groups is 1. The van der Waals surface area contributed by atoms with Crippen molar-refractivity contribution in [2.45, 2.75) is 238 Å². The second-order valence-corrected chi connectivity index (χ2v) is 20.5. The molecule has 0 bridgehead atoms. The van der Waals surface area contributed by atoms with Crippen molar-refractivity contribution in [3.8, 4) is 0 Å². The van der Waals surface area contributed by atoms with Gasteiger partial charge in [0.1, 0.15) is 12.7 Å². The average Bonchev–Trinajstić information content (AvgIpc) is 3.41. The van der Waals surface area contributed by atoms with Gasteiger partial charge in [-0.1, -0.05) is 200 Å². The van der Waals surface area contributed by atoms with Crippen LogP contribution in [0.15, 0.2) is 122 Å². The van der Waals surface area contributed by atoms with Crippen molar-refractivity contribution in [3.63, 3.8) is 0 Å². The van der Waals surface area contributed by atoms with Gasteiger partial charge in [-0.2, -0.15) is 0 Å². The predicted octanol–water partition coefficient (Wildman–Crippen LogP) is 17.6. The van der Waals surface area contributed by atoms with E-state index in [-0.39, 0.29) is 25.9 Å². The molecule has 76 heavy (non-hydrogen) atoms. The summed E-state index contributed by atoms with van der Waals surface area (Å²) in [6.07, 6.45) is 70.1. The number of aliphatic hydroxyl groups excluding tert-OH is 1. The Morgan fingerprint density at radius 3 is 1.07 bits per heavy atom. The van der Waals surface area contributed by atoms with E-state index >= 15 is 0 Å². The van der Waals surface area contributed by atoms with Crippen molar-refractivity contribution < 1.29 is 52.2 Å². The number of allylic oxidation sites excluding steroid dienone is 20. The molecule has 3 unspecified atom stereocenters. The van der Waals surface area contributed by atoms with Crippen LogP contribution in [0.2, 0.25) is 0 Å². The molecule has 0 aromatic carbocycles. The van der Waals surface area contributed by atoms with Crippen molar-refractivity contribution in [1.29, 1.82) is 0 Å². The molecule has 0 aliphatic heterocycles. The van der Waals surface area contributed by atoms with Crippen LogP contribution in [-0.2, 0) is 42.2 Å². The molecule has 0 fully saturated rings. The number of unbranched alkanes of at least 4 members (excludes halogenated alkanes) is 16. The topological polar surface area (TPSA) is 155 Å². The van der Waals surface area contributed by atoms with E-state index in [4.69, 9.17) is 23.3 Å². The summed E-state index contributed by atoms with van der Waals surface area (Å²) in [7, 11) is -4.77. The van der Waals surface area contributed by atoms with Crippen molar-refractivity contribution >= 4 is 25.7 Å². The second kappa shape index (κ2) is 57.1. The molecular weight excluding hydrogens is 976 g/mol. The number of carbonyl (C=O) groups excluding carboxylic acids is 3. The minimum absolute atomic E-state index is 0.117. The molecule has 432 valence electrons. The number of hydrogen-bond acceptors (Lipinski definition) is 10. The maximum atomic E-state index is 12.9. The lowest BCUT2D eigenvalue weighted by molar-refractivity contribution is -0.161. The fraction of sp³-hybridized carbons (Fsp3) is 0.641. The minimum Gasteiger partial charge on any atom is -0.462 e. The summed E-state index contributed by atoms with van der Waals surface area (Å²) < 4.78 is 39.5. The average molecular weight is 1080 g/mol. The number of phosphoric ester groups is 1. The fourth-order valence-electron chi connectivity index (χ4n) is 7.43. The first kappa shape index (κ1) is 71.9. The van der Waals surface area contributed by atoms with Gasteiger partial charge >= 0.3 is 25.7 Å². The predicted molar refractivity (Wildman–Crippen MR) is 316 cm³/mol. The summed E-state index contributed by atoms with van der Waals surface area (Å²) in [5.41, 5.74) is 0. The van der Waals surface area contributed by atoms with Gasteiger partial charge in [-0.05, 0) is 128 Å². The number of rotatable bonds is 53. The molecule has 0 aromatic heterocycles. The fourth-order valence-corrected chi connectivity index (χ4v) is 8.21. The molecule has 0 aromatic rings. The zero-order valence-corrected chi connectivity index (χ0v) is 48.6. The lowest BCUT2D eigenvalue weighted by Gasteiger charge is -2.21. The Bertz CT molecular complexity index is 1740. The molecule has 0 aliphatic carbocycles. The number of ether oxygens (including phenoxy) is 3. The number of carbonyl (C=O) groups is 3. The monoisotopic (exact) mass is 1080 g/mol. The van der Waals surface area contributed by atoms with Crippen molar-refractivity contribution in [2.24, 2.45) is 0 Å². The van der Waals surface area contributed by atoms with Crippen molar-refractivity contribution in [1.82, 2.24) is 0 Å². The Labute approximate surface area is 462 Å². The van der Waals surface area contributed by atoms with Crippen LogP contribution >= 0.6 is 7.82 Å². The number of aliphatic hydroxyl groups is 1. The van der Waals surface area contributed by atoms with Gasteiger partial charge in [-0.3, -0.25) is 23.4 Å². The van der Waals surface area contributed by atoms with Crippen LogP contribution in [0.5, 0.6) is 0 Å². The van der Waals surface area contributed by atoms with E-state index in [1.54, 1.807) is 0 Å². The first-order valence-electron chi connectivity index (χ1n) is 29.4. The third kappa shape index (κ3) is 54.7. The van der Waals surface area contributed by atoms with Crippen LogP contribution in [0.1, 0.15) is 226 Å². The van der Waals surface area contributed by atoms with Crippen LogP contribution in [0.3, 0.4) is 0 Å². The normalized spacial score (nSPS) is 14.2. The summed E-state index contributed by atoms with van der Waals surface area (Å²) >= 11 is 0. The van der Waals surface area contributed by atoms with Gasteiger partial charge in [0.15, 0.2) is 6.10 Å². The zero-order chi connectivity index (χ0) is 55.5. The van der Waals surface area contributed by atoms with Crippen molar-refractivity contribution in [3.05, 3.63) is 122 Å². The van der Waals surface area contributed by atoms with Gasteiger partial charge in [0.25, 0.3) is 0 Å². The van der Waals surface area contributed by atoms with Gasteiger partial charge in [0.2, 0.25) is 0 Å². The maximum Gasteiger partial charge on any atom is 0.472 e. The Kier molecular flexibility index (Phi) is 54.0. The maximum absolute atomic E-state index is 12.9. The highest BCUT2D eigenvalue weighted by atomic mass is 31.2. The molecule has 0 spiro atoms. The summed E-state index contributed by atoms with van der Waals surface area (Å²) in [4.78, 5) is 48.6. The third-order valence-electron chi connectivity index (χ3n) is 11.8. The smallest absolute Gasteiger partial charge is 0.462 e. The molecule has 0 heterocycles. The van der Waals surface area contributed by atoms with Crippen LogP contribution in [-0.4, -0.2) is 66.5 Å². The Hall–Kier alpha value is -4.12. The van der Waals surface area contributed by atoms with E-state index in [2.05, 4.69) is 142 Å². The summed E-state index contributed by atoms with van der Waals surface area (Å²) in [6.45, 7) is 4.31. The highest BCUT2D eigenvalue weighted by Gasteiger charge is 2.28. The van der Waals surface area contributed by atoms with E-state index < -0.39 is 57.8 Å². The standard InChI is InChI=1S/C64H105O11P/c1-4-7-10-13-16-19-22-25-28-29-30-31-34-37-40-43-46-49-52-55-64(68)75-61(57-71-62(66)53-50-47-44-41-38-35-32-26-23-20-17-14-11-8-5-2)59-73-76(69,70)72-58-60(56-65)74-63(67)54-51-48-45-42-39-36-33-27-24-21-18-15-12-9-6-3/h7-8,10-11,16-21,25-28,30-33,37,40,60-61,65H,4-6,9,12-15,22-24,29,34-36,38-39,41-59H2,1-3H3,(H,69,70)/b10-7-,11-8-,19-16-,20-17-,21-18-,28-25-,31-30-,32-26-,33-27-,40-37-.